The van der Waals surface area contributed by atoms with E-state index in [1.165, 1.54) is 19.2 Å². The summed E-state index contributed by atoms with van der Waals surface area (Å²) >= 11 is 6.03. The molecule has 0 fully saturated rings. The van der Waals surface area contributed by atoms with Gasteiger partial charge in [0.05, 0.1) is 10.7 Å². The van der Waals surface area contributed by atoms with Gasteiger partial charge in [-0.3, -0.25) is 9.59 Å². The Labute approximate surface area is 145 Å². The van der Waals surface area contributed by atoms with Crippen molar-refractivity contribution in [2.75, 3.05) is 30.9 Å². The molecule has 0 aliphatic carbocycles. The number of hydrogen-bond acceptors (Lipinski definition) is 4. The zero-order valence-electron chi connectivity index (χ0n) is 13.7. The first-order valence-electron chi connectivity index (χ1n) is 7.31. The molecular weight excluding hydrogens is 336 g/mol. The Balaban J connectivity index is 2.70. The van der Waals surface area contributed by atoms with Crippen LogP contribution in [0.3, 0.4) is 0 Å². The number of carbonyl (C=O) groups is 3. The molecule has 9 heteroatoms. The van der Waals surface area contributed by atoms with Gasteiger partial charge in [-0.1, -0.05) is 11.6 Å². The van der Waals surface area contributed by atoms with Gasteiger partial charge in [0.1, 0.15) is 12.6 Å². The van der Waals surface area contributed by atoms with Crippen molar-refractivity contribution < 1.29 is 19.1 Å². The lowest BCUT2D eigenvalue weighted by Crippen LogP contribution is -2.46. The van der Waals surface area contributed by atoms with Crippen molar-refractivity contribution >= 4 is 40.8 Å². The maximum atomic E-state index is 12.0. The Kier molecular flexibility index (Phi) is 8.00. The molecule has 24 heavy (non-hydrogen) atoms. The maximum Gasteiger partial charge on any atom is 0.319 e. The van der Waals surface area contributed by atoms with Gasteiger partial charge in [0.2, 0.25) is 11.8 Å². The van der Waals surface area contributed by atoms with Crippen molar-refractivity contribution in [1.29, 1.82) is 0 Å². The number of urea groups is 1. The monoisotopic (exact) mass is 356 g/mol. The fraction of sp³-hybridized carbons (Fsp3) is 0.400. The number of methoxy groups -OCH3 is 1. The zero-order chi connectivity index (χ0) is 18.1. The number of benzene rings is 1. The standard InChI is InChI=1S/C15H21ClN4O4/c1-4-17-14(22)9(2)18-15(23)20-12-7-10(5-6-11(12)16)19-13(21)8-24-3/h5-7,9H,4,8H2,1-3H3,(H,17,22)(H,19,21)(H2,18,20,23)/t9-/m1/s1. The number of halogens is 1. The SMILES string of the molecule is CCNC(=O)[C@@H](C)NC(=O)Nc1cc(NC(=O)COC)ccc1Cl. The Morgan fingerprint density at radius 2 is 1.96 bits per heavy atom. The van der Waals surface area contributed by atoms with Gasteiger partial charge in [-0.25, -0.2) is 4.79 Å². The number of ether oxygens (including phenoxy) is 1. The van der Waals surface area contributed by atoms with Crippen molar-refractivity contribution in [2.45, 2.75) is 19.9 Å². The van der Waals surface area contributed by atoms with Crippen molar-refractivity contribution in [3.63, 3.8) is 0 Å². The van der Waals surface area contributed by atoms with Crippen molar-refractivity contribution in [1.82, 2.24) is 10.6 Å². The number of nitrogens with one attached hydrogen (secondary N) is 4. The number of rotatable bonds is 7. The molecule has 0 saturated carbocycles. The second-order valence-electron chi connectivity index (χ2n) is 4.89. The third kappa shape index (κ3) is 6.43. The zero-order valence-corrected chi connectivity index (χ0v) is 14.5. The smallest absolute Gasteiger partial charge is 0.319 e. The number of carbonyl (C=O) groups excluding carboxylic acids is 3. The summed E-state index contributed by atoms with van der Waals surface area (Å²) in [7, 11) is 1.41. The van der Waals surface area contributed by atoms with Crippen LogP contribution in [0, 0.1) is 0 Å². The van der Waals surface area contributed by atoms with E-state index < -0.39 is 12.1 Å². The van der Waals surface area contributed by atoms with Crippen LogP contribution in [0.2, 0.25) is 5.02 Å². The molecule has 0 bridgehead atoms. The number of amides is 4. The molecule has 0 aliphatic rings. The average molecular weight is 357 g/mol. The fourth-order valence-electron chi connectivity index (χ4n) is 1.77. The predicted octanol–water partition coefficient (Wildman–Crippen LogP) is 1.57. The Morgan fingerprint density at radius 3 is 2.58 bits per heavy atom. The van der Waals surface area contributed by atoms with Crippen LogP contribution in [0.25, 0.3) is 0 Å². The Bertz CT molecular complexity index is 609. The van der Waals surface area contributed by atoms with Crippen molar-refractivity contribution in [3.05, 3.63) is 23.2 Å². The third-order valence-corrected chi connectivity index (χ3v) is 3.20. The molecule has 132 valence electrons. The van der Waals surface area contributed by atoms with E-state index in [2.05, 4.69) is 21.3 Å². The van der Waals surface area contributed by atoms with Gasteiger partial charge in [0, 0.05) is 19.3 Å². The highest BCUT2D eigenvalue weighted by molar-refractivity contribution is 6.33. The first-order valence-corrected chi connectivity index (χ1v) is 7.68. The van der Waals surface area contributed by atoms with E-state index in [4.69, 9.17) is 16.3 Å². The summed E-state index contributed by atoms with van der Waals surface area (Å²) in [6, 6.07) is 3.35. The largest absolute Gasteiger partial charge is 0.375 e. The number of hydrogen-bond donors (Lipinski definition) is 4. The molecule has 0 aromatic heterocycles. The van der Waals surface area contributed by atoms with Crippen LogP contribution in [0.5, 0.6) is 0 Å². The van der Waals surface area contributed by atoms with Gasteiger partial charge in [0.25, 0.3) is 0 Å². The highest BCUT2D eigenvalue weighted by Gasteiger charge is 2.15. The molecule has 0 radical (unpaired) electrons. The van der Waals surface area contributed by atoms with Crippen LogP contribution in [-0.4, -0.2) is 44.1 Å². The minimum atomic E-state index is -0.701. The molecule has 8 nitrogen and oxygen atoms in total. The van der Waals surface area contributed by atoms with Crippen LogP contribution >= 0.6 is 11.6 Å². The lowest BCUT2D eigenvalue weighted by atomic mass is 10.2. The molecular formula is C15H21ClN4O4. The highest BCUT2D eigenvalue weighted by atomic mass is 35.5. The van der Waals surface area contributed by atoms with Gasteiger partial charge >= 0.3 is 6.03 Å². The van der Waals surface area contributed by atoms with Crippen molar-refractivity contribution in [2.24, 2.45) is 0 Å². The van der Waals surface area contributed by atoms with Crippen LogP contribution in [0.1, 0.15) is 13.8 Å². The van der Waals surface area contributed by atoms with Crippen LogP contribution in [0.15, 0.2) is 18.2 Å². The van der Waals surface area contributed by atoms with Crippen LogP contribution < -0.4 is 21.3 Å². The quantitative estimate of drug-likeness (QED) is 0.594. The molecule has 0 heterocycles. The first-order chi connectivity index (χ1) is 11.4. The van der Waals surface area contributed by atoms with Crippen LogP contribution in [-0.2, 0) is 14.3 Å². The van der Waals surface area contributed by atoms with E-state index in [0.29, 0.717) is 22.9 Å². The molecule has 4 amide bonds. The second-order valence-corrected chi connectivity index (χ2v) is 5.30. The minimum Gasteiger partial charge on any atom is -0.375 e. The summed E-state index contributed by atoms with van der Waals surface area (Å²) in [4.78, 5) is 35.0. The average Bonchev–Trinajstić information content (AvgIpc) is 2.51. The molecule has 1 atom stereocenters. The van der Waals surface area contributed by atoms with E-state index in [0.717, 1.165) is 0 Å². The third-order valence-electron chi connectivity index (χ3n) is 2.87. The molecule has 1 rings (SSSR count). The predicted molar refractivity (Wildman–Crippen MR) is 92.3 cm³/mol. The van der Waals surface area contributed by atoms with E-state index in [9.17, 15) is 14.4 Å². The lowest BCUT2D eigenvalue weighted by molar-refractivity contribution is -0.122. The second kappa shape index (κ2) is 9.74. The van der Waals surface area contributed by atoms with Gasteiger partial charge in [0.15, 0.2) is 0 Å². The Hall–Kier alpha value is -2.32. The number of anilines is 2. The van der Waals surface area contributed by atoms with Crippen LogP contribution in [0.4, 0.5) is 16.2 Å². The molecule has 1 aromatic rings. The lowest BCUT2D eigenvalue weighted by Gasteiger charge is -2.15. The van der Waals surface area contributed by atoms with E-state index in [-0.39, 0.29) is 18.4 Å². The summed E-state index contributed by atoms with van der Waals surface area (Å²) in [6.07, 6.45) is 0. The van der Waals surface area contributed by atoms with E-state index in [1.807, 2.05) is 0 Å². The van der Waals surface area contributed by atoms with Crippen molar-refractivity contribution in [3.8, 4) is 0 Å². The van der Waals surface area contributed by atoms with Gasteiger partial charge in [-0.15, -0.1) is 0 Å². The maximum absolute atomic E-state index is 12.0. The molecule has 0 saturated heterocycles. The summed E-state index contributed by atoms with van der Waals surface area (Å²) in [6.45, 7) is 3.73. The topological polar surface area (TPSA) is 109 Å². The molecule has 0 unspecified atom stereocenters. The van der Waals surface area contributed by atoms with E-state index in [1.54, 1.807) is 19.9 Å². The normalized spacial score (nSPS) is 11.3. The summed E-state index contributed by atoms with van der Waals surface area (Å²) < 4.78 is 4.72. The molecule has 0 spiro atoms. The van der Waals surface area contributed by atoms with E-state index >= 15 is 0 Å². The first kappa shape index (κ1) is 19.7. The highest BCUT2D eigenvalue weighted by Crippen LogP contribution is 2.25. The number of likely N-dealkylation sites (N-methyl/N-ethyl adjacent to an activating group) is 1. The summed E-state index contributed by atoms with van der Waals surface area (Å²) in [5, 5.41) is 10.5. The van der Waals surface area contributed by atoms with Gasteiger partial charge in [-0.2, -0.15) is 0 Å². The molecule has 1 aromatic carbocycles. The minimum absolute atomic E-state index is 0.0874. The van der Waals surface area contributed by atoms with Gasteiger partial charge < -0.3 is 26.0 Å². The van der Waals surface area contributed by atoms with Gasteiger partial charge in [-0.05, 0) is 32.0 Å². The summed E-state index contributed by atoms with van der Waals surface area (Å²) in [5.74, 6) is -0.626. The Morgan fingerprint density at radius 1 is 1.25 bits per heavy atom. The molecule has 0 aliphatic heterocycles. The molecule has 4 N–H and O–H groups in total. The fourth-order valence-corrected chi connectivity index (χ4v) is 1.94. The summed E-state index contributed by atoms with van der Waals surface area (Å²) in [5.41, 5.74) is 0.751.